The second-order valence-corrected chi connectivity index (χ2v) is 7.71. The molecule has 0 unspecified atom stereocenters. The number of benzene rings is 1. The number of aromatic nitrogens is 3. The Morgan fingerprint density at radius 2 is 2.16 bits per heavy atom. The van der Waals surface area contributed by atoms with Crippen molar-refractivity contribution in [3.8, 4) is 5.75 Å². The Balaban J connectivity index is 1.87. The molecular weight excluding hydrogens is 420 g/mol. The molecule has 3 rings (SSSR count). The van der Waals surface area contributed by atoms with Crippen LogP contribution in [0.4, 0.5) is 11.5 Å². The van der Waals surface area contributed by atoms with Gasteiger partial charge in [-0.05, 0) is 58.2 Å². The number of nitrogens with one attached hydrogen (secondary N) is 3. The van der Waals surface area contributed by atoms with Crippen molar-refractivity contribution in [3.05, 3.63) is 40.8 Å². The summed E-state index contributed by atoms with van der Waals surface area (Å²) in [7, 11) is 4.04. The van der Waals surface area contributed by atoms with Crippen LogP contribution in [-0.4, -0.2) is 64.7 Å². The maximum atomic E-state index is 10.8. The third kappa shape index (κ3) is 6.06. The summed E-state index contributed by atoms with van der Waals surface area (Å²) in [6.45, 7) is 4.04. The van der Waals surface area contributed by atoms with Gasteiger partial charge < -0.3 is 30.4 Å². The van der Waals surface area contributed by atoms with E-state index in [0.717, 1.165) is 42.7 Å². The van der Waals surface area contributed by atoms with Gasteiger partial charge in [0.15, 0.2) is 6.61 Å². The van der Waals surface area contributed by atoms with E-state index in [9.17, 15) is 4.79 Å². The molecule has 1 aromatic carbocycles. The number of hydrogen-bond donors (Lipinski definition) is 4. The Labute approximate surface area is 185 Å². The van der Waals surface area contributed by atoms with Gasteiger partial charge in [-0.2, -0.15) is 0 Å². The van der Waals surface area contributed by atoms with E-state index in [0.29, 0.717) is 22.4 Å². The summed E-state index contributed by atoms with van der Waals surface area (Å²) in [6, 6.07) is 5.10. The van der Waals surface area contributed by atoms with Gasteiger partial charge in [0.2, 0.25) is 0 Å². The van der Waals surface area contributed by atoms with E-state index in [1.165, 1.54) is 0 Å². The lowest BCUT2D eigenvalue weighted by atomic mass is 10.2. The van der Waals surface area contributed by atoms with Crippen molar-refractivity contribution in [3.63, 3.8) is 0 Å². The molecule has 10 heteroatoms. The zero-order valence-corrected chi connectivity index (χ0v) is 18.6. The highest BCUT2D eigenvalue weighted by Crippen LogP contribution is 2.32. The van der Waals surface area contributed by atoms with E-state index in [2.05, 4.69) is 37.5 Å². The first-order valence-electron chi connectivity index (χ1n) is 9.96. The summed E-state index contributed by atoms with van der Waals surface area (Å²) in [5.41, 5.74) is 2.52. The van der Waals surface area contributed by atoms with Gasteiger partial charge in [-0.3, -0.25) is 0 Å². The molecule has 0 spiro atoms. The number of aliphatic carboxylic acids is 1. The summed E-state index contributed by atoms with van der Waals surface area (Å²) in [5.74, 6) is 0.504. The molecule has 0 saturated carbocycles. The van der Waals surface area contributed by atoms with Crippen LogP contribution in [0.5, 0.6) is 5.75 Å². The van der Waals surface area contributed by atoms with Crippen molar-refractivity contribution in [2.24, 2.45) is 0 Å². The first-order chi connectivity index (χ1) is 14.9. The number of aromatic amines is 1. The molecule has 0 aliphatic rings. The minimum Gasteiger partial charge on any atom is -0.480 e. The molecule has 0 aliphatic heterocycles. The van der Waals surface area contributed by atoms with Gasteiger partial charge in [0.25, 0.3) is 0 Å². The molecule has 31 heavy (non-hydrogen) atoms. The number of aryl methyl sites for hydroxylation is 1. The van der Waals surface area contributed by atoms with Gasteiger partial charge in [-0.25, -0.2) is 14.8 Å². The standard InChI is InChI=1S/C21H27ClN6O3/c1-13-25-20-19(14(10-24-20)11-28(3)8-4-7-23-2)21(26-13)27-15-5-6-16(22)17(9-15)31-12-18(29)30/h5-6,9-10,23H,4,7-8,11-12H2,1-3H3,(H,29,30)(H2,24,25,26,27). The topological polar surface area (TPSA) is 115 Å². The van der Waals surface area contributed by atoms with E-state index in [-0.39, 0.29) is 5.75 Å². The number of halogens is 1. The number of carbonyl (C=O) groups is 1. The fraction of sp³-hybridized carbons (Fsp3) is 0.381. The van der Waals surface area contributed by atoms with Crippen molar-refractivity contribution >= 4 is 40.1 Å². The lowest BCUT2D eigenvalue weighted by Gasteiger charge is -2.17. The van der Waals surface area contributed by atoms with Crippen LogP contribution in [0.3, 0.4) is 0 Å². The predicted octanol–water partition coefficient (Wildman–Crippen LogP) is 3.17. The minimum atomic E-state index is -1.07. The van der Waals surface area contributed by atoms with Crippen LogP contribution in [0.2, 0.25) is 5.02 Å². The number of nitrogens with zero attached hydrogens (tertiary/aromatic N) is 3. The Morgan fingerprint density at radius 3 is 2.90 bits per heavy atom. The molecule has 2 heterocycles. The summed E-state index contributed by atoms with van der Waals surface area (Å²) in [5, 5.41) is 16.6. The average molecular weight is 447 g/mol. The number of ether oxygens (including phenoxy) is 1. The molecular formula is C21H27ClN6O3. The molecule has 0 aliphatic carbocycles. The second kappa shape index (κ2) is 10.4. The molecule has 166 valence electrons. The van der Waals surface area contributed by atoms with Crippen LogP contribution < -0.4 is 15.4 Å². The highest BCUT2D eigenvalue weighted by atomic mass is 35.5. The third-order valence-corrected chi connectivity index (χ3v) is 4.99. The highest BCUT2D eigenvalue weighted by molar-refractivity contribution is 6.32. The Bertz CT molecular complexity index is 1060. The van der Waals surface area contributed by atoms with E-state index in [1.807, 2.05) is 20.2 Å². The SMILES string of the molecule is CNCCCN(C)Cc1c[nH]c2nc(C)nc(Nc3ccc(Cl)c(OCC(=O)O)c3)c12. The van der Waals surface area contributed by atoms with Gasteiger partial charge in [0.05, 0.1) is 10.4 Å². The molecule has 3 aromatic rings. The van der Waals surface area contributed by atoms with E-state index < -0.39 is 12.6 Å². The number of rotatable bonds is 11. The monoisotopic (exact) mass is 446 g/mol. The summed E-state index contributed by atoms with van der Waals surface area (Å²) in [6.07, 6.45) is 3.02. The normalized spacial score (nSPS) is 11.3. The number of anilines is 2. The molecule has 0 radical (unpaired) electrons. The maximum absolute atomic E-state index is 10.8. The number of fused-ring (bicyclic) bond motifs is 1. The van der Waals surface area contributed by atoms with Crippen LogP contribution in [0.15, 0.2) is 24.4 Å². The van der Waals surface area contributed by atoms with Crippen LogP contribution in [-0.2, 0) is 11.3 Å². The van der Waals surface area contributed by atoms with E-state index in [1.54, 1.807) is 18.2 Å². The largest absolute Gasteiger partial charge is 0.480 e. The van der Waals surface area contributed by atoms with E-state index >= 15 is 0 Å². The lowest BCUT2D eigenvalue weighted by molar-refractivity contribution is -0.139. The highest BCUT2D eigenvalue weighted by Gasteiger charge is 2.15. The van der Waals surface area contributed by atoms with Crippen molar-refractivity contribution < 1.29 is 14.6 Å². The van der Waals surface area contributed by atoms with Gasteiger partial charge in [0.1, 0.15) is 23.0 Å². The summed E-state index contributed by atoms with van der Waals surface area (Å²) < 4.78 is 5.27. The van der Waals surface area contributed by atoms with Crippen molar-refractivity contribution in [2.45, 2.75) is 19.9 Å². The quantitative estimate of drug-likeness (QED) is 0.332. The fourth-order valence-electron chi connectivity index (χ4n) is 3.29. The number of carboxylic acid groups (broad SMARTS) is 1. The second-order valence-electron chi connectivity index (χ2n) is 7.30. The van der Waals surface area contributed by atoms with Gasteiger partial charge in [0, 0.05) is 24.5 Å². The maximum Gasteiger partial charge on any atom is 0.341 e. The zero-order chi connectivity index (χ0) is 22.4. The summed E-state index contributed by atoms with van der Waals surface area (Å²) >= 11 is 6.13. The summed E-state index contributed by atoms with van der Waals surface area (Å²) in [4.78, 5) is 25.4. The molecule has 4 N–H and O–H groups in total. The molecule has 0 atom stereocenters. The van der Waals surface area contributed by atoms with E-state index in [4.69, 9.17) is 21.4 Å². The van der Waals surface area contributed by atoms with Crippen molar-refractivity contribution in [1.29, 1.82) is 0 Å². The Kier molecular flexibility index (Phi) is 7.67. The van der Waals surface area contributed by atoms with Crippen molar-refractivity contribution in [1.82, 2.24) is 25.2 Å². The van der Waals surface area contributed by atoms with Gasteiger partial charge in [-0.15, -0.1) is 0 Å². The lowest BCUT2D eigenvalue weighted by Crippen LogP contribution is -2.22. The van der Waals surface area contributed by atoms with Gasteiger partial charge in [-0.1, -0.05) is 11.6 Å². The third-order valence-electron chi connectivity index (χ3n) is 4.68. The fourth-order valence-corrected chi connectivity index (χ4v) is 3.46. The molecule has 0 bridgehead atoms. The first kappa shape index (κ1) is 22.8. The zero-order valence-electron chi connectivity index (χ0n) is 17.8. The van der Waals surface area contributed by atoms with Gasteiger partial charge >= 0.3 is 5.97 Å². The van der Waals surface area contributed by atoms with Crippen molar-refractivity contribution in [2.75, 3.05) is 39.1 Å². The molecule has 9 nitrogen and oxygen atoms in total. The van der Waals surface area contributed by atoms with Crippen LogP contribution in [0.25, 0.3) is 11.0 Å². The predicted molar refractivity (Wildman–Crippen MR) is 121 cm³/mol. The van der Waals surface area contributed by atoms with Crippen LogP contribution in [0, 0.1) is 6.92 Å². The molecule has 0 saturated heterocycles. The number of hydrogen-bond acceptors (Lipinski definition) is 7. The number of carboxylic acids is 1. The first-order valence-corrected chi connectivity index (χ1v) is 10.3. The smallest absolute Gasteiger partial charge is 0.341 e. The Hall–Kier alpha value is -2.88. The molecule has 0 fully saturated rings. The Morgan fingerprint density at radius 1 is 1.35 bits per heavy atom. The number of H-pyrrole nitrogens is 1. The minimum absolute atomic E-state index is 0.287. The molecule has 0 amide bonds. The molecule has 2 aromatic heterocycles. The average Bonchev–Trinajstić information content (AvgIpc) is 3.10. The van der Waals surface area contributed by atoms with Crippen LogP contribution >= 0.6 is 11.6 Å². The van der Waals surface area contributed by atoms with Crippen LogP contribution in [0.1, 0.15) is 17.8 Å².